The molecular weight excluding hydrogens is 196 g/mol. The van der Waals surface area contributed by atoms with Gasteiger partial charge in [-0.15, -0.1) is 0 Å². The van der Waals surface area contributed by atoms with Gasteiger partial charge in [0, 0.05) is 11.6 Å². The fourth-order valence-corrected chi connectivity index (χ4v) is 1.57. The summed E-state index contributed by atoms with van der Waals surface area (Å²) in [5.41, 5.74) is 1.35. The number of aliphatic hydroxyl groups is 1. The number of aryl methyl sites for hydroxylation is 1. The van der Waals surface area contributed by atoms with Crippen molar-refractivity contribution in [1.82, 2.24) is 0 Å². The number of halogens is 1. The molecule has 0 saturated carbocycles. The molecule has 0 unspecified atom stereocenters. The first-order valence-corrected chi connectivity index (χ1v) is 5.56. The molecule has 0 aliphatic carbocycles. The molecule has 1 nitrogen and oxygen atoms in total. The highest BCUT2D eigenvalue weighted by Crippen LogP contribution is 2.12. The van der Waals surface area contributed by atoms with Crippen molar-refractivity contribution in [2.45, 2.75) is 32.1 Å². The fourth-order valence-electron chi connectivity index (χ4n) is 1.45. The van der Waals surface area contributed by atoms with E-state index in [1.54, 1.807) is 0 Å². The standard InChI is InChI=1S/C12H17ClO/c13-12-8-6-11(7-9-12)5-3-1-2-4-10-14/h6-9,14H,1-5,10H2. The zero-order chi connectivity index (χ0) is 10.2. The molecule has 0 heterocycles. The van der Waals surface area contributed by atoms with Crippen LogP contribution in [-0.4, -0.2) is 11.7 Å². The van der Waals surface area contributed by atoms with Crippen LogP contribution < -0.4 is 0 Å². The van der Waals surface area contributed by atoms with E-state index in [1.165, 1.54) is 18.4 Å². The van der Waals surface area contributed by atoms with Gasteiger partial charge < -0.3 is 5.11 Å². The van der Waals surface area contributed by atoms with Crippen LogP contribution in [0.15, 0.2) is 24.3 Å². The molecule has 1 N–H and O–H groups in total. The zero-order valence-corrected chi connectivity index (χ0v) is 9.13. The first-order valence-electron chi connectivity index (χ1n) is 5.18. The monoisotopic (exact) mass is 212 g/mol. The van der Waals surface area contributed by atoms with Crippen LogP contribution in [0.4, 0.5) is 0 Å². The average molecular weight is 213 g/mol. The van der Waals surface area contributed by atoms with Crippen LogP contribution in [0.5, 0.6) is 0 Å². The largest absolute Gasteiger partial charge is 0.396 e. The van der Waals surface area contributed by atoms with Gasteiger partial charge in [0.1, 0.15) is 0 Å². The highest BCUT2D eigenvalue weighted by atomic mass is 35.5. The Morgan fingerprint density at radius 2 is 1.57 bits per heavy atom. The molecule has 0 bridgehead atoms. The van der Waals surface area contributed by atoms with Gasteiger partial charge in [0.15, 0.2) is 0 Å². The van der Waals surface area contributed by atoms with E-state index in [9.17, 15) is 0 Å². The van der Waals surface area contributed by atoms with E-state index < -0.39 is 0 Å². The minimum absolute atomic E-state index is 0.320. The molecule has 0 saturated heterocycles. The predicted octanol–water partition coefficient (Wildman–Crippen LogP) is 3.44. The molecule has 0 atom stereocenters. The van der Waals surface area contributed by atoms with Crippen molar-refractivity contribution >= 4 is 11.6 Å². The highest BCUT2D eigenvalue weighted by molar-refractivity contribution is 6.30. The normalized spacial score (nSPS) is 10.4. The van der Waals surface area contributed by atoms with E-state index in [1.807, 2.05) is 12.1 Å². The predicted molar refractivity (Wildman–Crippen MR) is 60.7 cm³/mol. The SMILES string of the molecule is OCCCCCCc1ccc(Cl)cc1. The van der Waals surface area contributed by atoms with Crippen molar-refractivity contribution in [3.8, 4) is 0 Å². The minimum Gasteiger partial charge on any atom is -0.396 e. The molecule has 0 aliphatic heterocycles. The van der Waals surface area contributed by atoms with E-state index in [0.29, 0.717) is 6.61 Å². The third-order valence-electron chi connectivity index (χ3n) is 2.29. The van der Waals surface area contributed by atoms with Crippen molar-refractivity contribution in [1.29, 1.82) is 0 Å². The molecule has 0 amide bonds. The second-order valence-electron chi connectivity index (χ2n) is 3.51. The summed E-state index contributed by atoms with van der Waals surface area (Å²) in [6, 6.07) is 8.03. The van der Waals surface area contributed by atoms with Crippen LogP contribution in [0, 0.1) is 0 Å². The smallest absolute Gasteiger partial charge is 0.0431 e. The van der Waals surface area contributed by atoms with Gasteiger partial charge in [-0.05, 0) is 37.0 Å². The molecule has 2 heteroatoms. The summed E-state index contributed by atoms with van der Waals surface area (Å²) >= 11 is 5.79. The van der Waals surface area contributed by atoms with E-state index in [4.69, 9.17) is 16.7 Å². The summed E-state index contributed by atoms with van der Waals surface area (Å²) in [4.78, 5) is 0. The molecule has 0 fully saturated rings. The van der Waals surface area contributed by atoms with Crippen molar-refractivity contribution in [3.05, 3.63) is 34.9 Å². The third kappa shape index (κ3) is 4.64. The van der Waals surface area contributed by atoms with Gasteiger partial charge in [0.25, 0.3) is 0 Å². The minimum atomic E-state index is 0.320. The average Bonchev–Trinajstić information content (AvgIpc) is 2.21. The second kappa shape index (κ2) is 6.86. The second-order valence-corrected chi connectivity index (χ2v) is 3.95. The maximum absolute atomic E-state index is 8.60. The molecule has 0 spiro atoms. The number of hydrogen-bond donors (Lipinski definition) is 1. The molecule has 78 valence electrons. The van der Waals surface area contributed by atoms with Gasteiger partial charge in [0.2, 0.25) is 0 Å². The molecular formula is C12H17ClO. The van der Waals surface area contributed by atoms with Crippen LogP contribution in [0.1, 0.15) is 31.2 Å². The van der Waals surface area contributed by atoms with E-state index in [2.05, 4.69) is 12.1 Å². The van der Waals surface area contributed by atoms with Gasteiger partial charge in [-0.1, -0.05) is 36.6 Å². The molecule has 1 aromatic carbocycles. The first kappa shape index (κ1) is 11.5. The Kier molecular flexibility index (Phi) is 5.65. The molecule has 0 aromatic heterocycles. The number of rotatable bonds is 6. The Labute approximate surface area is 90.7 Å². The molecule has 0 aliphatic rings. The van der Waals surface area contributed by atoms with Crippen LogP contribution in [0.3, 0.4) is 0 Å². The summed E-state index contributed by atoms with van der Waals surface area (Å²) in [7, 11) is 0. The third-order valence-corrected chi connectivity index (χ3v) is 2.54. The molecule has 1 rings (SSSR count). The lowest BCUT2D eigenvalue weighted by atomic mass is 10.1. The Bertz CT molecular complexity index is 243. The van der Waals surface area contributed by atoms with Gasteiger partial charge in [0.05, 0.1) is 0 Å². The van der Waals surface area contributed by atoms with Crippen LogP contribution in [0.25, 0.3) is 0 Å². The Morgan fingerprint density at radius 1 is 0.929 bits per heavy atom. The summed E-state index contributed by atoms with van der Waals surface area (Å²) in [5, 5.41) is 9.40. The van der Waals surface area contributed by atoms with E-state index in [-0.39, 0.29) is 0 Å². The fraction of sp³-hybridized carbons (Fsp3) is 0.500. The molecule has 14 heavy (non-hydrogen) atoms. The lowest BCUT2D eigenvalue weighted by molar-refractivity contribution is 0.282. The number of hydrogen-bond acceptors (Lipinski definition) is 1. The lowest BCUT2D eigenvalue weighted by Gasteiger charge is -2.01. The lowest BCUT2D eigenvalue weighted by Crippen LogP contribution is -1.87. The van der Waals surface area contributed by atoms with Crippen molar-refractivity contribution < 1.29 is 5.11 Å². The van der Waals surface area contributed by atoms with Gasteiger partial charge in [-0.3, -0.25) is 0 Å². The van der Waals surface area contributed by atoms with Crippen molar-refractivity contribution in [2.24, 2.45) is 0 Å². The van der Waals surface area contributed by atoms with Crippen LogP contribution in [0.2, 0.25) is 5.02 Å². The Morgan fingerprint density at radius 3 is 2.21 bits per heavy atom. The number of benzene rings is 1. The van der Waals surface area contributed by atoms with E-state index in [0.717, 1.165) is 24.3 Å². The summed E-state index contributed by atoms with van der Waals surface area (Å²) in [5.74, 6) is 0. The first-order chi connectivity index (χ1) is 6.83. The topological polar surface area (TPSA) is 20.2 Å². The quantitative estimate of drug-likeness (QED) is 0.717. The van der Waals surface area contributed by atoms with Crippen molar-refractivity contribution in [2.75, 3.05) is 6.61 Å². The Hall–Kier alpha value is -0.530. The van der Waals surface area contributed by atoms with Crippen LogP contribution >= 0.6 is 11.6 Å². The van der Waals surface area contributed by atoms with Gasteiger partial charge in [-0.25, -0.2) is 0 Å². The molecule has 0 radical (unpaired) electrons. The highest BCUT2D eigenvalue weighted by Gasteiger charge is 1.93. The van der Waals surface area contributed by atoms with Gasteiger partial charge >= 0.3 is 0 Å². The Balaban J connectivity index is 2.15. The van der Waals surface area contributed by atoms with Crippen molar-refractivity contribution in [3.63, 3.8) is 0 Å². The summed E-state index contributed by atoms with van der Waals surface area (Å²) in [6.07, 6.45) is 5.57. The maximum Gasteiger partial charge on any atom is 0.0431 e. The summed E-state index contributed by atoms with van der Waals surface area (Å²) in [6.45, 7) is 0.320. The number of aliphatic hydroxyl groups excluding tert-OH is 1. The van der Waals surface area contributed by atoms with Crippen LogP contribution in [-0.2, 0) is 6.42 Å². The number of unbranched alkanes of at least 4 members (excludes halogenated alkanes) is 3. The van der Waals surface area contributed by atoms with E-state index >= 15 is 0 Å². The molecule has 1 aromatic rings. The van der Waals surface area contributed by atoms with Gasteiger partial charge in [-0.2, -0.15) is 0 Å². The summed E-state index contributed by atoms with van der Waals surface area (Å²) < 4.78 is 0. The maximum atomic E-state index is 8.60. The zero-order valence-electron chi connectivity index (χ0n) is 8.38.